The van der Waals surface area contributed by atoms with E-state index in [0.717, 1.165) is 22.4 Å². The van der Waals surface area contributed by atoms with Crippen LogP contribution in [0.1, 0.15) is 40.4 Å². The third kappa shape index (κ3) is 6.16. The number of hydrogen-bond acceptors (Lipinski definition) is 3. The van der Waals surface area contributed by atoms with Crippen LogP contribution in [0.2, 0.25) is 10.0 Å². The topological polar surface area (TPSA) is 66.8 Å². The molecule has 0 saturated heterocycles. The molecule has 1 N–H and O–H groups in total. The van der Waals surface area contributed by atoms with Gasteiger partial charge in [-0.15, -0.1) is 0 Å². The van der Waals surface area contributed by atoms with Crippen molar-refractivity contribution in [1.29, 1.82) is 0 Å². The van der Waals surface area contributed by atoms with Crippen LogP contribution in [0.5, 0.6) is 5.75 Å². The summed E-state index contributed by atoms with van der Waals surface area (Å²) in [7, 11) is 0. The van der Waals surface area contributed by atoms with Crippen molar-refractivity contribution in [2.75, 3.05) is 13.1 Å². The maximum Gasteiger partial charge on any atom is 0.305 e. The lowest BCUT2D eigenvalue weighted by molar-refractivity contribution is -0.137. The van der Waals surface area contributed by atoms with Gasteiger partial charge in [-0.05, 0) is 54.3 Å². The number of carboxylic acids is 1. The van der Waals surface area contributed by atoms with Gasteiger partial charge in [-0.2, -0.15) is 0 Å². The Kier molecular flexibility index (Phi) is 7.68. The summed E-state index contributed by atoms with van der Waals surface area (Å²) in [6, 6.07) is 20.8. The predicted molar refractivity (Wildman–Crippen MR) is 138 cm³/mol. The van der Waals surface area contributed by atoms with Crippen LogP contribution in [0.25, 0.3) is 0 Å². The monoisotopic (exact) mass is 511 g/mol. The molecule has 1 amide bonds. The number of halogens is 2. The minimum Gasteiger partial charge on any atom is -0.487 e. The minimum absolute atomic E-state index is 0.104. The van der Waals surface area contributed by atoms with Gasteiger partial charge in [-0.3, -0.25) is 9.59 Å². The van der Waals surface area contributed by atoms with Crippen molar-refractivity contribution in [3.8, 4) is 5.75 Å². The van der Waals surface area contributed by atoms with E-state index in [9.17, 15) is 9.59 Å². The number of nitrogens with zero attached hydrogens (tertiary/aromatic N) is 1. The van der Waals surface area contributed by atoms with Crippen LogP contribution in [-0.4, -0.2) is 40.6 Å². The summed E-state index contributed by atoms with van der Waals surface area (Å²) < 4.78 is 6.27. The Balaban J connectivity index is 1.49. The number of amides is 1. The molecular weight excluding hydrogens is 485 g/mol. The number of fused-ring (bicyclic) bond motifs is 1. The van der Waals surface area contributed by atoms with E-state index in [2.05, 4.69) is 0 Å². The van der Waals surface area contributed by atoms with Crippen LogP contribution >= 0.6 is 23.2 Å². The Morgan fingerprint density at radius 1 is 1.03 bits per heavy atom. The molecule has 1 aliphatic heterocycles. The zero-order chi connectivity index (χ0) is 25.0. The maximum absolute atomic E-state index is 13.4. The second-order valence-electron chi connectivity index (χ2n) is 9.11. The van der Waals surface area contributed by atoms with Crippen molar-refractivity contribution < 1.29 is 19.4 Å². The fraction of sp³-hybridized carbons (Fsp3) is 0.286. The fourth-order valence-electron chi connectivity index (χ4n) is 4.48. The van der Waals surface area contributed by atoms with E-state index in [1.807, 2.05) is 61.5 Å². The number of carbonyl (C=O) groups is 2. The highest BCUT2D eigenvalue weighted by Gasteiger charge is 2.36. The summed E-state index contributed by atoms with van der Waals surface area (Å²) in [5.74, 6) is -0.375. The van der Waals surface area contributed by atoms with Crippen molar-refractivity contribution in [3.63, 3.8) is 0 Å². The van der Waals surface area contributed by atoms with Gasteiger partial charge in [0.2, 0.25) is 0 Å². The van der Waals surface area contributed by atoms with E-state index in [1.54, 1.807) is 17.0 Å². The number of hydrogen-bond donors (Lipinski definition) is 1. The van der Waals surface area contributed by atoms with Gasteiger partial charge in [0.05, 0.1) is 16.5 Å². The molecule has 0 radical (unpaired) electrons. The summed E-state index contributed by atoms with van der Waals surface area (Å²) in [5.41, 5.74) is 2.95. The van der Waals surface area contributed by atoms with Gasteiger partial charge in [0, 0.05) is 31.5 Å². The lowest BCUT2D eigenvalue weighted by Crippen LogP contribution is -2.35. The molecular formula is C28H27Cl2NO4. The SMILES string of the molecule is C[C@@]1(Cc2cccc(Cl)c2Cl)Cc2cc(C(=O)N(CCC(=O)O)CCc3ccccc3)ccc2O1. The molecule has 1 aliphatic rings. The van der Waals surface area contributed by atoms with Gasteiger partial charge in [0.15, 0.2) is 0 Å². The molecule has 0 aliphatic carbocycles. The molecule has 35 heavy (non-hydrogen) atoms. The molecule has 4 rings (SSSR count). The molecule has 5 nitrogen and oxygen atoms in total. The highest BCUT2D eigenvalue weighted by Crippen LogP contribution is 2.39. The van der Waals surface area contributed by atoms with Gasteiger partial charge in [-0.25, -0.2) is 0 Å². The summed E-state index contributed by atoms with van der Waals surface area (Å²) in [4.78, 5) is 26.2. The van der Waals surface area contributed by atoms with Crippen molar-refractivity contribution in [2.24, 2.45) is 0 Å². The van der Waals surface area contributed by atoms with Crippen LogP contribution < -0.4 is 4.74 Å². The lowest BCUT2D eigenvalue weighted by Gasteiger charge is -2.24. The molecule has 0 unspecified atom stereocenters. The first-order valence-corrected chi connectivity index (χ1v) is 12.3. The number of aliphatic carboxylic acids is 1. The summed E-state index contributed by atoms with van der Waals surface area (Å²) >= 11 is 12.6. The second kappa shape index (κ2) is 10.7. The molecule has 182 valence electrons. The van der Waals surface area contributed by atoms with Crippen LogP contribution in [0.15, 0.2) is 66.7 Å². The van der Waals surface area contributed by atoms with Crippen LogP contribution in [0.3, 0.4) is 0 Å². The van der Waals surface area contributed by atoms with E-state index < -0.39 is 11.6 Å². The predicted octanol–water partition coefficient (Wildman–Crippen LogP) is 6.09. The molecule has 1 heterocycles. The van der Waals surface area contributed by atoms with Gasteiger partial charge in [-0.1, -0.05) is 65.7 Å². The number of carbonyl (C=O) groups excluding carboxylic acids is 1. The van der Waals surface area contributed by atoms with Gasteiger partial charge < -0.3 is 14.7 Å². The summed E-state index contributed by atoms with van der Waals surface area (Å²) in [6.07, 6.45) is 1.74. The molecule has 3 aromatic carbocycles. The van der Waals surface area contributed by atoms with Gasteiger partial charge in [0.1, 0.15) is 11.4 Å². The Hall–Kier alpha value is -3.02. The molecule has 0 spiro atoms. The smallest absolute Gasteiger partial charge is 0.305 e. The molecule has 0 fully saturated rings. The average molecular weight is 512 g/mol. The molecule has 7 heteroatoms. The first-order chi connectivity index (χ1) is 16.7. The maximum atomic E-state index is 13.4. The van der Waals surface area contributed by atoms with Crippen molar-refractivity contribution in [1.82, 2.24) is 4.90 Å². The van der Waals surface area contributed by atoms with Crippen molar-refractivity contribution in [3.05, 3.63) is 99.0 Å². The Morgan fingerprint density at radius 2 is 1.80 bits per heavy atom. The highest BCUT2D eigenvalue weighted by atomic mass is 35.5. The molecule has 0 bridgehead atoms. The Morgan fingerprint density at radius 3 is 2.54 bits per heavy atom. The Bertz CT molecular complexity index is 1230. The quantitative estimate of drug-likeness (QED) is 0.377. The van der Waals surface area contributed by atoms with E-state index in [-0.39, 0.29) is 18.9 Å². The van der Waals surface area contributed by atoms with Crippen LogP contribution in [0.4, 0.5) is 0 Å². The number of ether oxygens (including phenoxy) is 1. The van der Waals surface area contributed by atoms with Gasteiger partial charge in [0.25, 0.3) is 5.91 Å². The van der Waals surface area contributed by atoms with Gasteiger partial charge >= 0.3 is 5.97 Å². The van der Waals surface area contributed by atoms with Crippen molar-refractivity contribution >= 4 is 35.1 Å². The number of rotatable bonds is 9. The number of benzene rings is 3. The van der Waals surface area contributed by atoms with Crippen molar-refractivity contribution in [2.45, 2.75) is 38.2 Å². The zero-order valence-corrected chi connectivity index (χ0v) is 21.0. The fourth-order valence-corrected chi connectivity index (χ4v) is 4.86. The third-order valence-electron chi connectivity index (χ3n) is 6.22. The van der Waals surface area contributed by atoms with E-state index in [4.69, 9.17) is 33.0 Å². The molecule has 3 aromatic rings. The first kappa shape index (κ1) is 25.1. The zero-order valence-electron chi connectivity index (χ0n) is 19.5. The summed E-state index contributed by atoms with van der Waals surface area (Å²) in [5, 5.41) is 10.2. The standard InChI is InChI=1S/C28H27Cl2NO4/c1-28(17-21-8-5-9-23(29)26(21)30)18-22-16-20(10-11-24(22)35-28)27(34)31(15-13-25(32)33)14-12-19-6-3-2-4-7-19/h2-11,16H,12-15,17-18H2,1H3,(H,32,33)/t28-/m1/s1. The summed E-state index contributed by atoms with van der Waals surface area (Å²) in [6.45, 7) is 2.61. The van der Waals surface area contributed by atoms with E-state index >= 15 is 0 Å². The van der Waals surface area contributed by atoms with Crippen LogP contribution in [0, 0.1) is 0 Å². The highest BCUT2D eigenvalue weighted by molar-refractivity contribution is 6.42. The molecule has 1 atom stereocenters. The first-order valence-electron chi connectivity index (χ1n) is 11.5. The lowest BCUT2D eigenvalue weighted by atomic mass is 9.91. The average Bonchev–Trinajstić information content (AvgIpc) is 3.17. The normalized spacial score (nSPS) is 16.4. The van der Waals surface area contributed by atoms with E-state index in [0.29, 0.717) is 41.4 Å². The largest absolute Gasteiger partial charge is 0.487 e. The van der Waals surface area contributed by atoms with Crippen LogP contribution in [-0.2, 0) is 24.1 Å². The number of carboxylic acid groups (broad SMARTS) is 1. The van der Waals surface area contributed by atoms with E-state index in [1.165, 1.54) is 0 Å². The molecule has 0 aromatic heterocycles. The third-order valence-corrected chi connectivity index (χ3v) is 7.08. The molecule has 0 saturated carbocycles. The minimum atomic E-state index is -0.930. The Labute approximate surface area is 215 Å². The second-order valence-corrected chi connectivity index (χ2v) is 9.90.